The van der Waals surface area contributed by atoms with Gasteiger partial charge in [0.05, 0.1) is 36.1 Å². The Balaban J connectivity index is 1.82. The van der Waals surface area contributed by atoms with E-state index >= 15 is 0 Å². The van der Waals surface area contributed by atoms with E-state index in [1.165, 1.54) is 24.3 Å². The molecule has 0 aromatic heterocycles. The number of nitrogens with one attached hydrogen (secondary N) is 1. The minimum Gasteiger partial charge on any atom is -0.466 e. The van der Waals surface area contributed by atoms with Crippen molar-refractivity contribution in [2.24, 2.45) is 10.2 Å². The lowest BCUT2D eigenvalue weighted by Crippen LogP contribution is -2.44. The Hall–Kier alpha value is -4.39. The fourth-order valence-electron chi connectivity index (χ4n) is 3.52. The van der Waals surface area contributed by atoms with Crippen molar-refractivity contribution in [1.29, 1.82) is 0 Å². The van der Waals surface area contributed by atoms with Crippen LogP contribution in [0.15, 0.2) is 58.8 Å². The highest BCUT2D eigenvalue weighted by Crippen LogP contribution is 2.23. The van der Waals surface area contributed by atoms with Gasteiger partial charge in [-0.05, 0) is 63.6 Å². The Bertz CT molecular complexity index is 1140. The van der Waals surface area contributed by atoms with Crippen LogP contribution in [0.25, 0.3) is 0 Å². The van der Waals surface area contributed by atoms with Gasteiger partial charge in [-0.1, -0.05) is 0 Å². The Morgan fingerprint density at radius 1 is 0.950 bits per heavy atom. The smallest absolute Gasteiger partial charge is 0.328 e. The number of nitrogens with zero attached hydrogens (tertiary/aromatic N) is 4. The molecule has 13 heteroatoms. The van der Waals surface area contributed by atoms with Gasteiger partial charge in [-0.25, -0.2) is 4.79 Å². The van der Waals surface area contributed by atoms with Gasteiger partial charge in [0.1, 0.15) is 12.6 Å². The number of non-ortho nitro benzene ring substituents is 1. The number of hydrogen-bond acceptors (Lipinski definition) is 11. The van der Waals surface area contributed by atoms with Crippen LogP contribution < -0.4 is 10.2 Å². The molecule has 0 fully saturated rings. The van der Waals surface area contributed by atoms with E-state index in [2.05, 4.69) is 20.4 Å². The molecule has 0 aliphatic carbocycles. The SMILES string of the molecule is CCOC(=O)CCC(NC(=O)COCCN(CC)c1ccc(N=Nc2ccc([N+](=O)[O-])cc2)cc1)C(=O)OCC. The van der Waals surface area contributed by atoms with E-state index in [-0.39, 0.29) is 45.0 Å². The predicted octanol–water partition coefficient (Wildman–Crippen LogP) is 4.24. The topological polar surface area (TPSA) is 162 Å². The number of benzene rings is 2. The molecular weight excluding hydrogens is 522 g/mol. The van der Waals surface area contributed by atoms with E-state index in [1.54, 1.807) is 26.0 Å². The number of rotatable bonds is 17. The van der Waals surface area contributed by atoms with Crippen molar-refractivity contribution in [3.8, 4) is 0 Å². The molecule has 0 aliphatic heterocycles. The molecule has 0 heterocycles. The molecule has 1 atom stereocenters. The molecule has 0 aliphatic rings. The maximum Gasteiger partial charge on any atom is 0.328 e. The number of likely N-dealkylation sites (N-methyl/N-ethyl adjacent to an activating group) is 1. The van der Waals surface area contributed by atoms with Crippen LogP contribution in [-0.2, 0) is 28.6 Å². The monoisotopic (exact) mass is 557 g/mol. The van der Waals surface area contributed by atoms with Crippen LogP contribution in [0.3, 0.4) is 0 Å². The van der Waals surface area contributed by atoms with Gasteiger partial charge in [-0.2, -0.15) is 10.2 Å². The number of nitro benzene ring substituents is 1. The Labute approximate surface area is 232 Å². The summed E-state index contributed by atoms with van der Waals surface area (Å²) in [4.78, 5) is 48.5. The zero-order valence-electron chi connectivity index (χ0n) is 22.9. The van der Waals surface area contributed by atoms with E-state index in [4.69, 9.17) is 14.2 Å². The minimum absolute atomic E-state index is 0.0144. The van der Waals surface area contributed by atoms with E-state index < -0.39 is 28.8 Å². The summed E-state index contributed by atoms with van der Waals surface area (Å²) in [5.74, 6) is -1.57. The zero-order chi connectivity index (χ0) is 29.3. The first kappa shape index (κ1) is 31.8. The molecule has 2 aromatic rings. The Morgan fingerprint density at radius 2 is 1.55 bits per heavy atom. The fraction of sp³-hybridized carbons (Fsp3) is 0.444. The maximum absolute atomic E-state index is 12.3. The molecule has 0 spiro atoms. The van der Waals surface area contributed by atoms with Crippen molar-refractivity contribution in [3.05, 3.63) is 58.6 Å². The second kappa shape index (κ2) is 17.2. The Morgan fingerprint density at radius 3 is 2.10 bits per heavy atom. The average Bonchev–Trinajstić information content (AvgIpc) is 2.95. The summed E-state index contributed by atoms with van der Waals surface area (Å²) in [6.07, 6.45) is 0.0393. The van der Waals surface area contributed by atoms with Crippen LogP contribution in [-0.4, -0.2) is 68.3 Å². The van der Waals surface area contributed by atoms with Crippen LogP contribution in [0.4, 0.5) is 22.7 Å². The van der Waals surface area contributed by atoms with Gasteiger partial charge in [0.15, 0.2) is 0 Å². The van der Waals surface area contributed by atoms with Crippen molar-refractivity contribution in [1.82, 2.24) is 5.32 Å². The molecular formula is C27H35N5O8. The third kappa shape index (κ3) is 11.2. The van der Waals surface area contributed by atoms with Crippen LogP contribution in [0.2, 0.25) is 0 Å². The molecule has 1 N–H and O–H groups in total. The average molecular weight is 558 g/mol. The zero-order valence-corrected chi connectivity index (χ0v) is 22.9. The van der Waals surface area contributed by atoms with Gasteiger partial charge in [0, 0.05) is 37.3 Å². The molecule has 0 saturated carbocycles. The number of carbonyl (C=O) groups excluding carboxylic acids is 3. The van der Waals surface area contributed by atoms with Crippen molar-refractivity contribution in [2.75, 3.05) is 44.4 Å². The fourth-order valence-corrected chi connectivity index (χ4v) is 3.52. The lowest BCUT2D eigenvalue weighted by atomic mass is 10.1. The largest absolute Gasteiger partial charge is 0.466 e. The second-order valence-corrected chi connectivity index (χ2v) is 8.34. The molecule has 2 aromatic carbocycles. The highest BCUT2D eigenvalue weighted by Gasteiger charge is 2.23. The highest BCUT2D eigenvalue weighted by molar-refractivity contribution is 5.85. The molecule has 0 saturated heterocycles. The van der Waals surface area contributed by atoms with E-state index in [0.29, 0.717) is 24.5 Å². The Kier molecular flexibility index (Phi) is 13.7. The first-order chi connectivity index (χ1) is 19.3. The molecule has 1 amide bonds. The number of esters is 2. The number of azo groups is 1. The van der Waals surface area contributed by atoms with Gasteiger partial charge >= 0.3 is 11.9 Å². The predicted molar refractivity (Wildman–Crippen MR) is 147 cm³/mol. The van der Waals surface area contributed by atoms with E-state index in [0.717, 1.165) is 5.69 Å². The van der Waals surface area contributed by atoms with Gasteiger partial charge in [0.25, 0.3) is 5.69 Å². The standard InChI is InChI=1S/C27H35N5O8/c1-4-31(22-11-7-20(8-12-22)29-30-21-9-13-23(14-10-21)32(36)37)17-18-38-19-25(33)28-24(27(35)40-6-3)15-16-26(34)39-5-2/h7-14,24H,4-6,15-19H2,1-3H3,(H,28,33). The third-order valence-electron chi connectivity index (χ3n) is 5.53. The summed E-state index contributed by atoms with van der Waals surface area (Å²) < 4.78 is 15.4. The summed E-state index contributed by atoms with van der Waals surface area (Å²) in [6.45, 7) is 6.93. The molecule has 2 rings (SSSR count). The van der Waals surface area contributed by atoms with Crippen molar-refractivity contribution in [3.63, 3.8) is 0 Å². The minimum atomic E-state index is -0.969. The molecule has 40 heavy (non-hydrogen) atoms. The van der Waals surface area contributed by atoms with Gasteiger partial charge in [-0.3, -0.25) is 19.7 Å². The van der Waals surface area contributed by atoms with Gasteiger partial charge < -0.3 is 24.4 Å². The molecule has 13 nitrogen and oxygen atoms in total. The van der Waals surface area contributed by atoms with Crippen LogP contribution in [0.5, 0.6) is 0 Å². The summed E-state index contributed by atoms with van der Waals surface area (Å²) >= 11 is 0. The quantitative estimate of drug-likeness (QED) is 0.0985. The third-order valence-corrected chi connectivity index (χ3v) is 5.53. The van der Waals surface area contributed by atoms with Crippen LogP contribution >= 0.6 is 0 Å². The first-order valence-corrected chi connectivity index (χ1v) is 13.0. The van der Waals surface area contributed by atoms with Crippen LogP contribution in [0.1, 0.15) is 33.6 Å². The summed E-state index contributed by atoms with van der Waals surface area (Å²) in [5, 5.41) is 21.6. The van der Waals surface area contributed by atoms with E-state index in [9.17, 15) is 24.5 Å². The number of anilines is 1. The summed E-state index contributed by atoms with van der Waals surface area (Å²) in [6, 6.07) is 12.2. The van der Waals surface area contributed by atoms with Crippen molar-refractivity contribution >= 4 is 40.6 Å². The number of amides is 1. The maximum atomic E-state index is 12.3. The molecule has 1 unspecified atom stereocenters. The van der Waals surface area contributed by atoms with Crippen molar-refractivity contribution < 1.29 is 33.5 Å². The van der Waals surface area contributed by atoms with Gasteiger partial charge in [0.2, 0.25) is 5.91 Å². The molecule has 0 bridgehead atoms. The number of hydrogen-bond donors (Lipinski definition) is 1. The lowest BCUT2D eigenvalue weighted by molar-refractivity contribution is -0.384. The first-order valence-electron chi connectivity index (χ1n) is 13.0. The normalized spacial score (nSPS) is 11.6. The number of ether oxygens (including phenoxy) is 3. The number of nitro groups is 1. The molecule has 0 radical (unpaired) electrons. The van der Waals surface area contributed by atoms with Crippen LogP contribution in [0, 0.1) is 10.1 Å². The summed E-state index contributed by atoms with van der Waals surface area (Å²) in [7, 11) is 0. The lowest BCUT2D eigenvalue weighted by Gasteiger charge is -2.23. The summed E-state index contributed by atoms with van der Waals surface area (Å²) in [5.41, 5.74) is 2.02. The second-order valence-electron chi connectivity index (χ2n) is 8.34. The van der Waals surface area contributed by atoms with Crippen molar-refractivity contribution in [2.45, 2.75) is 39.7 Å². The molecule has 216 valence electrons. The van der Waals surface area contributed by atoms with Gasteiger partial charge in [-0.15, -0.1) is 0 Å². The van der Waals surface area contributed by atoms with E-state index in [1.807, 2.05) is 19.1 Å². The highest BCUT2D eigenvalue weighted by atomic mass is 16.6. The number of carbonyl (C=O) groups is 3.